The van der Waals surface area contributed by atoms with Crippen molar-refractivity contribution >= 4 is 28.8 Å². The van der Waals surface area contributed by atoms with Crippen molar-refractivity contribution < 1.29 is 4.79 Å². The number of nitrogens with zero attached hydrogens (tertiary/aromatic N) is 1. The monoisotopic (exact) mass is 300 g/mol. The fourth-order valence-electron chi connectivity index (χ4n) is 1.66. The van der Waals surface area contributed by atoms with Crippen molar-refractivity contribution in [1.82, 2.24) is 10.2 Å². The van der Waals surface area contributed by atoms with Crippen molar-refractivity contribution in [1.29, 1.82) is 0 Å². The zero-order valence-corrected chi connectivity index (χ0v) is 13.1. The van der Waals surface area contributed by atoms with E-state index in [1.54, 1.807) is 11.0 Å². The first-order valence-corrected chi connectivity index (χ1v) is 7.58. The van der Waals surface area contributed by atoms with Gasteiger partial charge >= 0.3 is 0 Å². The van der Waals surface area contributed by atoms with Crippen LogP contribution >= 0.6 is 22.9 Å². The van der Waals surface area contributed by atoms with E-state index in [-0.39, 0.29) is 5.91 Å². The van der Waals surface area contributed by atoms with Gasteiger partial charge in [0.15, 0.2) is 0 Å². The van der Waals surface area contributed by atoms with E-state index in [2.05, 4.69) is 25.7 Å². The lowest BCUT2D eigenvalue weighted by atomic mass is 10.3. The summed E-state index contributed by atoms with van der Waals surface area (Å²) in [6.07, 6.45) is 2.26. The van der Waals surface area contributed by atoms with Crippen molar-refractivity contribution in [3.63, 3.8) is 0 Å². The lowest BCUT2D eigenvalue weighted by Gasteiger charge is -2.21. The van der Waals surface area contributed by atoms with Gasteiger partial charge in [-0.2, -0.15) is 0 Å². The normalized spacial score (nSPS) is 10.7. The van der Waals surface area contributed by atoms with Crippen molar-refractivity contribution in [2.75, 3.05) is 13.1 Å². The van der Waals surface area contributed by atoms with Crippen LogP contribution in [0.5, 0.6) is 0 Å². The van der Waals surface area contributed by atoms with Crippen LogP contribution in [0.4, 0.5) is 0 Å². The number of halogens is 1. The van der Waals surface area contributed by atoms with Crippen LogP contribution in [0.15, 0.2) is 24.8 Å². The van der Waals surface area contributed by atoms with E-state index in [0.717, 1.165) is 9.21 Å². The van der Waals surface area contributed by atoms with Gasteiger partial charge in [0, 0.05) is 30.4 Å². The predicted molar refractivity (Wildman–Crippen MR) is 82.7 cm³/mol. The summed E-state index contributed by atoms with van der Waals surface area (Å²) in [6, 6.07) is 4.22. The smallest absolute Gasteiger partial charge is 0.224 e. The quantitative estimate of drug-likeness (QED) is 0.747. The molecule has 0 saturated heterocycles. The number of amides is 1. The van der Waals surface area contributed by atoms with Gasteiger partial charge in [-0.1, -0.05) is 31.5 Å². The molecular weight excluding hydrogens is 280 g/mol. The number of hydrogen-bond acceptors (Lipinski definition) is 3. The second-order valence-electron chi connectivity index (χ2n) is 4.63. The topological polar surface area (TPSA) is 32.3 Å². The molecule has 0 fully saturated rings. The van der Waals surface area contributed by atoms with Crippen LogP contribution in [-0.4, -0.2) is 29.9 Å². The molecule has 19 heavy (non-hydrogen) atoms. The zero-order chi connectivity index (χ0) is 14.3. The van der Waals surface area contributed by atoms with Crippen LogP contribution in [0.25, 0.3) is 0 Å². The van der Waals surface area contributed by atoms with Gasteiger partial charge in [-0.05, 0) is 12.1 Å². The second kappa shape index (κ2) is 8.35. The van der Waals surface area contributed by atoms with Crippen LogP contribution < -0.4 is 5.32 Å². The highest BCUT2D eigenvalue weighted by Gasteiger charge is 2.13. The van der Waals surface area contributed by atoms with E-state index >= 15 is 0 Å². The molecule has 1 aromatic rings. The Morgan fingerprint density at radius 3 is 2.84 bits per heavy atom. The van der Waals surface area contributed by atoms with Gasteiger partial charge in [-0.25, -0.2) is 0 Å². The predicted octanol–water partition coefficient (Wildman–Crippen LogP) is 3.30. The van der Waals surface area contributed by atoms with Crippen molar-refractivity contribution in [3.05, 3.63) is 34.0 Å². The maximum absolute atomic E-state index is 12.1. The number of hydrogen-bond donors (Lipinski definition) is 1. The first-order valence-electron chi connectivity index (χ1n) is 6.39. The molecule has 1 aromatic heterocycles. The third-order valence-electron chi connectivity index (χ3n) is 2.57. The molecule has 0 bridgehead atoms. The van der Waals surface area contributed by atoms with E-state index in [9.17, 15) is 4.79 Å². The molecular formula is C14H21ClN2OS. The molecule has 0 radical (unpaired) electrons. The fourth-order valence-corrected chi connectivity index (χ4v) is 2.76. The molecule has 1 amide bonds. The minimum Gasteiger partial charge on any atom is -0.334 e. The molecule has 0 unspecified atom stereocenters. The zero-order valence-electron chi connectivity index (χ0n) is 11.5. The number of carbonyl (C=O) groups excluding carboxylic acids is 1. The molecule has 0 atom stereocenters. The maximum atomic E-state index is 12.1. The Balaban J connectivity index is 2.51. The lowest BCUT2D eigenvalue weighted by molar-refractivity contribution is -0.131. The Kier molecular flexibility index (Phi) is 7.13. The van der Waals surface area contributed by atoms with Crippen LogP contribution in [0, 0.1) is 0 Å². The third kappa shape index (κ3) is 6.23. The highest BCUT2D eigenvalue weighted by Crippen LogP contribution is 2.22. The minimum atomic E-state index is 0.137. The van der Waals surface area contributed by atoms with Crippen LogP contribution in [0.2, 0.25) is 4.34 Å². The number of thiophene rings is 1. The summed E-state index contributed by atoms with van der Waals surface area (Å²) in [7, 11) is 0. The van der Waals surface area contributed by atoms with Gasteiger partial charge < -0.3 is 10.2 Å². The Morgan fingerprint density at radius 2 is 2.32 bits per heavy atom. The van der Waals surface area contributed by atoms with Gasteiger partial charge in [0.25, 0.3) is 0 Å². The Hall–Kier alpha value is -0.840. The molecule has 0 aliphatic rings. The molecule has 106 valence electrons. The highest BCUT2D eigenvalue weighted by molar-refractivity contribution is 7.16. The molecule has 1 N–H and O–H groups in total. The van der Waals surface area contributed by atoms with E-state index in [1.165, 1.54) is 11.3 Å². The number of nitrogens with one attached hydrogen (secondary N) is 1. The Morgan fingerprint density at radius 1 is 1.58 bits per heavy atom. The highest BCUT2D eigenvalue weighted by atomic mass is 35.5. The van der Waals surface area contributed by atoms with Gasteiger partial charge in [0.1, 0.15) is 0 Å². The standard InChI is InChI=1S/C14H21ClN2OS/c1-4-9-17(10-12-5-6-13(15)19-12)14(18)7-8-16-11(2)3/h4-6,11,16H,1,7-10H2,2-3H3. The molecule has 0 saturated carbocycles. The summed E-state index contributed by atoms with van der Waals surface area (Å²) < 4.78 is 0.752. The van der Waals surface area contributed by atoms with Crippen molar-refractivity contribution in [2.24, 2.45) is 0 Å². The molecule has 5 heteroatoms. The summed E-state index contributed by atoms with van der Waals surface area (Å²) in [6.45, 7) is 9.71. The van der Waals surface area contributed by atoms with Crippen LogP contribution in [0.3, 0.4) is 0 Å². The molecule has 0 aliphatic heterocycles. The first-order chi connectivity index (χ1) is 9.02. The van der Waals surface area contributed by atoms with Gasteiger partial charge in [-0.3, -0.25) is 4.79 Å². The third-order valence-corrected chi connectivity index (χ3v) is 3.79. The SMILES string of the molecule is C=CCN(Cc1ccc(Cl)s1)C(=O)CCNC(C)C. The first kappa shape index (κ1) is 16.2. The summed E-state index contributed by atoms with van der Waals surface area (Å²) in [5, 5.41) is 3.25. The van der Waals surface area contributed by atoms with Gasteiger partial charge in [-0.15, -0.1) is 17.9 Å². The minimum absolute atomic E-state index is 0.137. The second-order valence-corrected chi connectivity index (χ2v) is 6.43. The van der Waals surface area contributed by atoms with Crippen molar-refractivity contribution in [3.8, 4) is 0 Å². The molecule has 0 aromatic carbocycles. The number of rotatable bonds is 8. The largest absolute Gasteiger partial charge is 0.334 e. The number of carbonyl (C=O) groups is 1. The van der Waals surface area contributed by atoms with E-state index in [1.807, 2.05) is 12.1 Å². The van der Waals surface area contributed by atoms with E-state index < -0.39 is 0 Å². The van der Waals surface area contributed by atoms with Gasteiger partial charge in [0.2, 0.25) is 5.91 Å². The summed E-state index contributed by atoms with van der Waals surface area (Å²) in [5.74, 6) is 0.137. The molecule has 1 heterocycles. The summed E-state index contributed by atoms with van der Waals surface area (Å²) in [5.41, 5.74) is 0. The van der Waals surface area contributed by atoms with Gasteiger partial charge in [0.05, 0.1) is 10.9 Å². The molecule has 1 rings (SSSR count). The fraction of sp³-hybridized carbons (Fsp3) is 0.500. The van der Waals surface area contributed by atoms with E-state index in [4.69, 9.17) is 11.6 Å². The summed E-state index contributed by atoms with van der Waals surface area (Å²) in [4.78, 5) is 15.0. The van der Waals surface area contributed by atoms with Crippen LogP contribution in [0.1, 0.15) is 25.1 Å². The van der Waals surface area contributed by atoms with E-state index in [0.29, 0.717) is 32.1 Å². The molecule has 0 aliphatic carbocycles. The lowest BCUT2D eigenvalue weighted by Crippen LogP contribution is -2.34. The molecule has 0 spiro atoms. The average molecular weight is 301 g/mol. The van der Waals surface area contributed by atoms with Crippen LogP contribution in [-0.2, 0) is 11.3 Å². The Bertz CT molecular complexity index is 417. The Labute approximate surface area is 124 Å². The summed E-state index contributed by atoms with van der Waals surface area (Å²) >= 11 is 7.41. The molecule has 3 nitrogen and oxygen atoms in total. The average Bonchev–Trinajstić information content (AvgIpc) is 2.73. The maximum Gasteiger partial charge on any atom is 0.224 e. The van der Waals surface area contributed by atoms with Crippen molar-refractivity contribution in [2.45, 2.75) is 32.9 Å².